The highest BCUT2D eigenvalue weighted by Crippen LogP contribution is 2.12. The number of aromatic hydroxyl groups is 1. The Hall–Kier alpha value is -0.960. The first-order chi connectivity index (χ1) is 6.22. The molecule has 0 bridgehead atoms. The average Bonchev–Trinajstić information content (AvgIpc) is 2.09. The molecule has 0 amide bonds. The fourth-order valence-corrected chi connectivity index (χ4v) is 1.14. The molecule has 0 aliphatic rings. The zero-order valence-corrected chi connectivity index (χ0v) is 7.78. The van der Waals surface area contributed by atoms with E-state index in [9.17, 15) is 4.57 Å². The summed E-state index contributed by atoms with van der Waals surface area (Å²) in [4.78, 5) is 0. The Bertz CT molecular complexity index is 275. The van der Waals surface area contributed by atoms with Gasteiger partial charge >= 0.3 is 8.69 Å². The smallest absolute Gasteiger partial charge is 0.328 e. The minimum Gasteiger partial charge on any atom is -0.508 e. The molecule has 0 spiro atoms. The van der Waals surface area contributed by atoms with Crippen molar-refractivity contribution >= 4 is 8.69 Å². The highest BCUT2D eigenvalue weighted by atomic mass is 31.1. The van der Waals surface area contributed by atoms with Gasteiger partial charge in [0.2, 0.25) is 0 Å². The van der Waals surface area contributed by atoms with Gasteiger partial charge in [0, 0.05) is 6.42 Å². The molecule has 1 unspecified atom stereocenters. The lowest BCUT2D eigenvalue weighted by Crippen LogP contribution is -2.22. The second kappa shape index (κ2) is 4.92. The van der Waals surface area contributed by atoms with Crippen molar-refractivity contribution in [3.05, 3.63) is 29.8 Å². The second-order valence-corrected chi connectivity index (χ2v) is 2.95. The van der Waals surface area contributed by atoms with Crippen LogP contribution in [0.5, 0.6) is 5.75 Å². The number of phenols is 1. The van der Waals surface area contributed by atoms with Gasteiger partial charge in [-0.3, -0.25) is 4.52 Å². The molecule has 1 atom stereocenters. The summed E-state index contributed by atoms with van der Waals surface area (Å²) in [6.45, 7) is 0. The van der Waals surface area contributed by atoms with Gasteiger partial charge in [0.1, 0.15) is 12.0 Å². The molecule has 3 N–H and O–H groups in total. The molecule has 70 valence electrons. The average molecular weight is 199 g/mol. The lowest BCUT2D eigenvalue weighted by atomic mass is 10.1. The van der Waals surface area contributed by atoms with Crippen LogP contribution in [0.1, 0.15) is 5.56 Å². The number of nitrogens with two attached hydrogens (primary N) is 1. The Morgan fingerprint density at radius 3 is 2.62 bits per heavy atom. The van der Waals surface area contributed by atoms with Gasteiger partial charge in [0.25, 0.3) is 0 Å². The van der Waals surface area contributed by atoms with Crippen LogP contribution < -0.4 is 5.73 Å². The van der Waals surface area contributed by atoms with E-state index in [1.54, 1.807) is 24.3 Å². The van der Waals surface area contributed by atoms with E-state index < -0.39 is 14.9 Å². The van der Waals surface area contributed by atoms with E-state index in [4.69, 9.17) is 10.8 Å². The molecule has 13 heavy (non-hydrogen) atoms. The molecule has 0 fully saturated rings. The predicted octanol–water partition coefficient (Wildman–Crippen LogP) is 1.44. The fraction of sp³-hybridized carbons (Fsp3) is 0.250. The topological polar surface area (TPSA) is 72.6 Å². The Morgan fingerprint density at radius 1 is 1.46 bits per heavy atom. The number of hydrogen-bond acceptors (Lipinski definition) is 4. The molecule has 0 aromatic heterocycles. The molecule has 1 aromatic carbocycles. The summed E-state index contributed by atoms with van der Waals surface area (Å²) in [7, 11) is -0.415. The van der Waals surface area contributed by atoms with Crippen LogP contribution >= 0.6 is 8.69 Å². The Kier molecular flexibility index (Phi) is 3.83. The van der Waals surface area contributed by atoms with E-state index in [1.165, 1.54) is 0 Å². The third-order valence-corrected chi connectivity index (χ3v) is 1.91. The summed E-state index contributed by atoms with van der Waals surface area (Å²) in [6.07, 6.45) is -0.112. The molecule has 1 aromatic rings. The number of rotatable bonds is 4. The van der Waals surface area contributed by atoms with Gasteiger partial charge in [0.15, 0.2) is 0 Å². The van der Waals surface area contributed by atoms with Crippen LogP contribution in [0.3, 0.4) is 0 Å². The van der Waals surface area contributed by atoms with Gasteiger partial charge in [-0.1, -0.05) is 12.1 Å². The van der Waals surface area contributed by atoms with E-state index >= 15 is 0 Å². The van der Waals surface area contributed by atoms with Gasteiger partial charge in [-0.25, -0.2) is 4.57 Å². The van der Waals surface area contributed by atoms with Crippen LogP contribution in [0.25, 0.3) is 0 Å². The maximum atomic E-state index is 10.0. The summed E-state index contributed by atoms with van der Waals surface area (Å²) in [5.41, 5.74) is 6.39. The first kappa shape index (κ1) is 10.1. The minimum absolute atomic E-state index is 0.209. The SMILES string of the molecule is NC(Cc1ccc(O)cc1)OP=O. The zero-order chi connectivity index (χ0) is 9.68. The molecular formula is C8H10NO3P. The van der Waals surface area contributed by atoms with Crippen molar-refractivity contribution in [2.75, 3.05) is 0 Å². The molecule has 1 rings (SSSR count). The predicted molar refractivity (Wildman–Crippen MR) is 48.5 cm³/mol. The summed E-state index contributed by atoms with van der Waals surface area (Å²) in [6, 6.07) is 6.61. The molecule has 0 aliphatic heterocycles. The van der Waals surface area contributed by atoms with Crippen LogP contribution in [0.2, 0.25) is 0 Å². The molecular weight excluding hydrogens is 189 g/mol. The van der Waals surface area contributed by atoms with Gasteiger partial charge in [-0.2, -0.15) is 0 Å². The summed E-state index contributed by atoms with van der Waals surface area (Å²) in [5.74, 6) is 0.209. The van der Waals surface area contributed by atoms with E-state index in [0.717, 1.165) is 5.56 Å². The molecule has 0 saturated heterocycles. The van der Waals surface area contributed by atoms with E-state index in [1.807, 2.05) is 0 Å². The van der Waals surface area contributed by atoms with Crippen molar-refractivity contribution in [3.8, 4) is 5.75 Å². The van der Waals surface area contributed by atoms with Gasteiger partial charge in [-0.05, 0) is 17.7 Å². The van der Waals surface area contributed by atoms with Gasteiger partial charge < -0.3 is 10.8 Å². The maximum Gasteiger partial charge on any atom is 0.328 e. The lowest BCUT2D eigenvalue weighted by molar-refractivity contribution is 0.232. The molecule has 0 heterocycles. The van der Waals surface area contributed by atoms with Crippen molar-refractivity contribution in [2.45, 2.75) is 12.6 Å². The molecule has 5 heteroatoms. The standard InChI is InChI=1S/C8H10NO3P/c9-8(12-13-11)5-6-1-3-7(10)4-2-6/h1-4,8,10H,5,9H2. The highest BCUT2D eigenvalue weighted by molar-refractivity contribution is 7.17. The van der Waals surface area contributed by atoms with Crippen LogP contribution in [0, 0.1) is 0 Å². The summed E-state index contributed by atoms with van der Waals surface area (Å²) < 4.78 is 14.6. The third-order valence-electron chi connectivity index (χ3n) is 1.55. The van der Waals surface area contributed by atoms with Crippen molar-refractivity contribution in [1.82, 2.24) is 0 Å². The second-order valence-electron chi connectivity index (χ2n) is 2.59. The van der Waals surface area contributed by atoms with E-state index in [0.29, 0.717) is 6.42 Å². The number of benzene rings is 1. The van der Waals surface area contributed by atoms with Crippen LogP contribution in [0.15, 0.2) is 24.3 Å². The van der Waals surface area contributed by atoms with Crippen LogP contribution in [-0.2, 0) is 15.5 Å². The van der Waals surface area contributed by atoms with Gasteiger partial charge in [0.05, 0.1) is 0 Å². The van der Waals surface area contributed by atoms with E-state index in [-0.39, 0.29) is 5.75 Å². The van der Waals surface area contributed by atoms with E-state index in [2.05, 4.69) is 4.52 Å². The summed E-state index contributed by atoms with van der Waals surface area (Å²) >= 11 is 0. The number of phenolic OH excluding ortho intramolecular Hbond substituents is 1. The highest BCUT2D eigenvalue weighted by Gasteiger charge is 2.03. The zero-order valence-electron chi connectivity index (χ0n) is 6.88. The molecule has 0 saturated carbocycles. The van der Waals surface area contributed by atoms with Gasteiger partial charge in [-0.15, -0.1) is 0 Å². The van der Waals surface area contributed by atoms with Crippen LogP contribution in [-0.4, -0.2) is 11.3 Å². The Balaban J connectivity index is 2.53. The summed E-state index contributed by atoms with van der Waals surface area (Å²) in [5, 5.41) is 8.98. The van der Waals surface area contributed by atoms with Crippen molar-refractivity contribution in [1.29, 1.82) is 0 Å². The lowest BCUT2D eigenvalue weighted by Gasteiger charge is -2.06. The third kappa shape index (κ3) is 3.51. The quantitative estimate of drug-likeness (QED) is 0.568. The largest absolute Gasteiger partial charge is 0.508 e. The maximum absolute atomic E-state index is 10.0. The normalized spacial score (nSPS) is 13.0. The minimum atomic E-state index is -0.580. The molecule has 0 radical (unpaired) electrons. The molecule has 0 aliphatic carbocycles. The van der Waals surface area contributed by atoms with Crippen molar-refractivity contribution < 1.29 is 14.2 Å². The first-order valence-corrected chi connectivity index (χ1v) is 4.47. The Morgan fingerprint density at radius 2 is 2.08 bits per heavy atom. The van der Waals surface area contributed by atoms with Crippen LogP contribution in [0.4, 0.5) is 0 Å². The molecule has 4 nitrogen and oxygen atoms in total. The number of hydrogen-bond donors (Lipinski definition) is 2. The van der Waals surface area contributed by atoms with Crippen molar-refractivity contribution in [3.63, 3.8) is 0 Å². The monoisotopic (exact) mass is 199 g/mol. The Labute approximate surface area is 77.6 Å². The first-order valence-electron chi connectivity index (χ1n) is 3.74. The fourth-order valence-electron chi connectivity index (χ4n) is 0.957. The van der Waals surface area contributed by atoms with Crippen molar-refractivity contribution in [2.24, 2.45) is 5.73 Å².